The van der Waals surface area contributed by atoms with Gasteiger partial charge in [-0.15, -0.1) is 0 Å². The summed E-state index contributed by atoms with van der Waals surface area (Å²) in [6.07, 6.45) is 4.47. The molecule has 1 aromatic rings. The van der Waals surface area contributed by atoms with Gasteiger partial charge in [0.25, 0.3) is 0 Å². The summed E-state index contributed by atoms with van der Waals surface area (Å²) >= 11 is 0. The minimum absolute atomic E-state index is 0.0798. The summed E-state index contributed by atoms with van der Waals surface area (Å²) in [5.41, 5.74) is 0.926. The van der Waals surface area contributed by atoms with Gasteiger partial charge >= 0.3 is 5.97 Å². The molecule has 0 fully saturated rings. The number of aromatic nitrogens is 2. The Bertz CT molecular complexity index is 440. The maximum absolute atomic E-state index is 11.7. The lowest BCUT2D eigenvalue weighted by Gasteiger charge is -2.08. The van der Waals surface area contributed by atoms with E-state index < -0.39 is 0 Å². The number of hydrogen-bond acceptors (Lipinski definition) is 4. The zero-order chi connectivity index (χ0) is 15.0. The third-order valence-corrected chi connectivity index (χ3v) is 3.28. The molecule has 112 valence electrons. The number of carbonyl (C=O) groups excluding carboxylic acids is 2. The molecule has 5 heteroatoms. The van der Waals surface area contributed by atoms with Gasteiger partial charge in [0.05, 0.1) is 18.7 Å². The number of Topliss-reactive ketones (excluding diaryl/α,β-unsaturated/α-hetero) is 1. The first kappa shape index (κ1) is 16.4. The topological polar surface area (TPSA) is 61.2 Å². The Balaban J connectivity index is 2.30. The molecule has 1 aromatic heterocycles. The van der Waals surface area contributed by atoms with E-state index in [1.54, 1.807) is 6.92 Å². The molecule has 1 atom stereocenters. The number of esters is 1. The zero-order valence-electron chi connectivity index (χ0n) is 12.6. The molecule has 0 aliphatic carbocycles. The lowest BCUT2D eigenvalue weighted by atomic mass is 10.1. The highest BCUT2D eigenvalue weighted by Gasteiger charge is 2.10. The monoisotopic (exact) mass is 280 g/mol. The largest absolute Gasteiger partial charge is 0.466 e. The number of aryl methyl sites for hydroxylation is 1. The van der Waals surface area contributed by atoms with Crippen LogP contribution < -0.4 is 0 Å². The molecule has 0 bridgehead atoms. The van der Waals surface area contributed by atoms with Gasteiger partial charge in [0.15, 0.2) is 0 Å². The Morgan fingerprint density at radius 2 is 2.05 bits per heavy atom. The Morgan fingerprint density at radius 1 is 1.30 bits per heavy atom. The standard InChI is InChI=1S/C15H24N2O3/c1-4-12(3)17-11-10-13(16-17)6-7-14(18)8-9-15(19)20-5-2/h10-12H,4-9H2,1-3H3. The van der Waals surface area contributed by atoms with E-state index in [1.807, 2.05) is 16.9 Å². The van der Waals surface area contributed by atoms with Crippen LogP contribution in [0.25, 0.3) is 0 Å². The normalized spacial score (nSPS) is 12.2. The first-order valence-electron chi connectivity index (χ1n) is 7.28. The molecule has 1 rings (SSSR count). The van der Waals surface area contributed by atoms with Crippen molar-refractivity contribution in [3.05, 3.63) is 18.0 Å². The molecule has 0 saturated heterocycles. The fourth-order valence-corrected chi connectivity index (χ4v) is 1.81. The van der Waals surface area contributed by atoms with Crippen LogP contribution in [0.5, 0.6) is 0 Å². The van der Waals surface area contributed by atoms with Gasteiger partial charge in [0.1, 0.15) is 5.78 Å². The van der Waals surface area contributed by atoms with Crippen LogP contribution in [0.2, 0.25) is 0 Å². The minimum atomic E-state index is -0.304. The fourth-order valence-electron chi connectivity index (χ4n) is 1.81. The van der Waals surface area contributed by atoms with Crippen LogP contribution in [-0.4, -0.2) is 28.1 Å². The summed E-state index contributed by atoms with van der Waals surface area (Å²) in [6, 6.07) is 2.33. The van der Waals surface area contributed by atoms with Gasteiger partial charge in [-0.1, -0.05) is 6.92 Å². The summed E-state index contributed by atoms with van der Waals surface area (Å²) in [6.45, 7) is 6.35. The molecule has 0 aliphatic rings. The summed E-state index contributed by atoms with van der Waals surface area (Å²) in [4.78, 5) is 22.8. The average molecular weight is 280 g/mol. The van der Waals surface area contributed by atoms with Gasteiger partial charge in [-0.25, -0.2) is 0 Å². The third-order valence-electron chi connectivity index (χ3n) is 3.28. The van der Waals surface area contributed by atoms with E-state index in [4.69, 9.17) is 4.74 Å². The van der Waals surface area contributed by atoms with Gasteiger partial charge in [0, 0.05) is 25.1 Å². The lowest BCUT2D eigenvalue weighted by Crippen LogP contribution is -2.09. The Kier molecular flexibility index (Phi) is 6.98. The van der Waals surface area contributed by atoms with Crippen molar-refractivity contribution in [2.45, 2.75) is 58.9 Å². The van der Waals surface area contributed by atoms with Crippen molar-refractivity contribution in [1.29, 1.82) is 0 Å². The van der Waals surface area contributed by atoms with Crippen LogP contribution in [0.4, 0.5) is 0 Å². The highest BCUT2D eigenvalue weighted by atomic mass is 16.5. The summed E-state index contributed by atoms with van der Waals surface area (Å²) in [5, 5.41) is 4.45. The second kappa shape index (κ2) is 8.51. The van der Waals surface area contributed by atoms with Crippen LogP contribution in [0.3, 0.4) is 0 Å². The summed E-state index contributed by atoms with van der Waals surface area (Å²) in [7, 11) is 0. The van der Waals surface area contributed by atoms with Crippen molar-refractivity contribution in [2.75, 3.05) is 6.61 Å². The Morgan fingerprint density at radius 3 is 2.70 bits per heavy atom. The maximum Gasteiger partial charge on any atom is 0.306 e. The molecule has 0 N–H and O–H groups in total. The van der Waals surface area contributed by atoms with Gasteiger partial charge in [0.2, 0.25) is 0 Å². The van der Waals surface area contributed by atoms with Gasteiger partial charge in [-0.05, 0) is 32.8 Å². The predicted octanol–water partition coefficient (Wildman–Crippen LogP) is 2.70. The molecule has 5 nitrogen and oxygen atoms in total. The van der Waals surface area contributed by atoms with Gasteiger partial charge in [-0.3, -0.25) is 14.3 Å². The van der Waals surface area contributed by atoms with Crippen molar-refractivity contribution < 1.29 is 14.3 Å². The van der Waals surface area contributed by atoms with Crippen LogP contribution in [-0.2, 0) is 20.7 Å². The van der Waals surface area contributed by atoms with Crippen LogP contribution >= 0.6 is 0 Å². The van der Waals surface area contributed by atoms with E-state index in [9.17, 15) is 9.59 Å². The van der Waals surface area contributed by atoms with E-state index in [0.29, 0.717) is 25.5 Å². The fraction of sp³-hybridized carbons (Fsp3) is 0.667. The number of nitrogens with zero attached hydrogens (tertiary/aromatic N) is 2. The van der Waals surface area contributed by atoms with Gasteiger partial charge < -0.3 is 4.74 Å². The molecule has 0 amide bonds. The van der Waals surface area contributed by atoms with Gasteiger partial charge in [-0.2, -0.15) is 5.10 Å². The van der Waals surface area contributed by atoms with E-state index in [2.05, 4.69) is 18.9 Å². The first-order chi connectivity index (χ1) is 9.56. The molecule has 1 heterocycles. The second-order valence-electron chi connectivity index (χ2n) is 4.89. The molecule has 0 aliphatic heterocycles. The molecular formula is C15H24N2O3. The SMILES string of the molecule is CCOC(=O)CCC(=O)CCc1ccn(C(C)CC)n1. The molecule has 0 spiro atoms. The predicted molar refractivity (Wildman–Crippen MR) is 76.4 cm³/mol. The number of ketones is 1. The lowest BCUT2D eigenvalue weighted by molar-refractivity contribution is -0.144. The summed E-state index contributed by atoms with van der Waals surface area (Å²) in [5.74, 6) is -0.224. The van der Waals surface area contributed by atoms with Crippen LogP contribution in [0.15, 0.2) is 12.3 Å². The smallest absolute Gasteiger partial charge is 0.306 e. The highest BCUT2D eigenvalue weighted by molar-refractivity contribution is 5.83. The number of hydrogen-bond donors (Lipinski definition) is 0. The molecular weight excluding hydrogens is 256 g/mol. The van der Waals surface area contributed by atoms with E-state index in [0.717, 1.165) is 12.1 Å². The molecule has 20 heavy (non-hydrogen) atoms. The molecule has 1 unspecified atom stereocenters. The van der Waals surface area contributed by atoms with Crippen molar-refractivity contribution in [3.63, 3.8) is 0 Å². The zero-order valence-corrected chi connectivity index (χ0v) is 12.6. The number of carbonyl (C=O) groups is 2. The van der Waals surface area contributed by atoms with E-state index in [-0.39, 0.29) is 24.6 Å². The van der Waals surface area contributed by atoms with Crippen molar-refractivity contribution >= 4 is 11.8 Å². The second-order valence-corrected chi connectivity index (χ2v) is 4.89. The van der Waals surface area contributed by atoms with Crippen LogP contribution in [0.1, 0.15) is 58.2 Å². The number of ether oxygens (including phenoxy) is 1. The third kappa shape index (κ3) is 5.55. The van der Waals surface area contributed by atoms with E-state index >= 15 is 0 Å². The van der Waals surface area contributed by atoms with Crippen molar-refractivity contribution in [1.82, 2.24) is 9.78 Å². The van der Waals surface area contributed by atoms with Crippen molar-refractivity contribution in [3.8, 4) is 0 Å². The molecule has 0 saturated carbocycles. The maximum atomic E-state index is 11.7. The summed E-state index contributed by atoms with van der Waals surface area (Å²) < 4.78 is 6.72. The first-order valence-corrected chi connectivity index (χ1v) is 7.28. The van der Waals surface area contributed by atoms with Crippen molar-refractivity contribution in [2.24, 2.45) is 0 Å². The van der Waals surface area contributed by atoms with Crippen LogP contribution in [0, 0.1) is 0 Å². The quantitative estimate of drug-likeness (QED) is 0.652. The molecule has 0 aromatic carbocycles. The highest BCUT2D eigenvalue weighted by Crippen LogP contribution is 2.10. The molecule has 0 radical (unpaired) electrons. The average Bonchev–Trinajstić information content (AvgIpc) is 2.91. The Hall–Kier alpha value is -1.65. The Labute approximate surface area is 120 Å². The minimum Gasteiger partial charge on any atom is -0.466 e. The number of rotatable bonds is 9. The van der Waals surface area contributed by atoms with E-state index in [1.165, 1.54) is 0 Å².